The Hall–Kier alpha value is -1.31. The molecule has 4 heteroatoms. The third-order valence-corrected chi connectivity index (χ3v) is 4.64. The van der Waals surface area contributed by atoms with Crippen molar-refractivity contribution in [3.63, 3.8) is 0 Å². The van der Waals surface area contributed by atoms with Gasteiger partial charge in [-0.15, -0.1) is 0 Å². The minimum absolute atomic E-state index is 0.0295. The van der Waals surface area contributed by atoms with Crippen molar-refractivity contribution in [1.82, 2.24) is 5.32 Å². The van der Waals surface area contributed by atoms with Gasteiger partial charge in [0.05, 0.1) is 0 Å². The predicted molar refractivity (Wildman–Crippen MR) is 105 cm³/mol. The first-order valence-corrected chi connectivity index (χ1v) is 9.48. The average molecular weight is 363 g/mol. The summed E-state index contributed by atoms with van der Waals surface area (Å²) in [6, 6.07) is 17.0. The van der Waals surface area contributed by atoms with Crippen LogP contribution in [0.25, 0.3) is 0 Å². The zero-order valence-electron chi connectivity index (χ0n) is 15.0. The van der Waals surface area contributed by atoms with Gasteiger partial charge < -0.3 is 5.32 Å². The Labute approximate surface area is 152 Å². The van der Waals surface area contributed by atoms with Crippen molar-refractivity contribution < 1.29 is 8.78 Å². The molecule has 0 saturated heterocycles. The molecule has 2 rings (SSSR count). The molecular weight excluding hydrogens is 335 g/mol. The van der Waals surface area contributed by atoms with Crippen LogP contribution < -0.4 is 5.32 Å². The van der Waals surface area contributed by atoms with E-state index < -0.39 is 5.66 Å². The van der Waals surface area contributed by atoms with Crippen LogP contribution >= 0.6 is 9.24 Å². The standard InChI is InChI=1S/C21H28F2NP/c1-16(2)8-7-13-24-20(14-17-9-4-3-5-10-17)18-11-6-12-19(15-18)21(22,23)25/h3-6,9-12,15-16,20,24H,7-8,13-14,25H2,1-2H3. The number of nitrogens with one attached hydrogen (secondary N) is 1. The molecule has 2 aromatic carbocycles. The van der Waals surface area contributed by atoms with Crippen LogP contribution in [0.15, 0.2) is 54.6 Å². The molecule has 0 aliphatic heterocycles. The van der Waals surface area contributed by atoms with Gasteiger partial charge in [-0.25, -0.2) is 0 Å². The minimum Gasteiger partial charge on any atom is -0.310 e. The summed E-state index contributed by atoms with van der Waals surface area (Å²) in [5.74, 6) is 0.675. The molecule has 2 atom stereocenters. The smallest absolute Gasteiger partial charge is 0.283 e. The molecule has 0 bridgehead atoms. The van der Waals surface area contributed by atoms with Gasteiger partial charge in [-0.2, -0.15) is 8.78 Å². The summed E-state index contributed by atoms with van der Waals surface area (Å²) in [7, 11) is 1.62. The van der Waals surface area contributed by atoms with E-state index in [1.54, 1.807) is 21.4 Å². The number of hydrogen-bond acceptors (Lipinski definition) is 1. The molecule has 2 unspecified atom stereocenters. The lowest BCUT2D eigenvalue weighted by Gasteiger charge is -2.21. The maximum atomic E-state index is 13.7. The fourth-order valence-corrected chi connectivity index (χ4v) is 3.09. The van der Waals surface area contributed by atoms with Crippen LogP contribution in [-0.4, -0.2) is 6.54 Å². The van der Waals surface area contributed by atoms with Crippen LogP contribution in [0, 0.1) is 5.92 Å². The van der Waals surface area contributed by atoms with Gasteiger partial charge in [-0.1, -0.05) is 71.6 Å². The van der Waals surface area contributed by atoms with E-state index in [4.69, 9.17) is 0 Å². The Morgan fingerprint density at radius 3 is 2.40 bits per heavy atom. The molecule has 2 aromatic rings. The van der Waals surface area contributed by atoms with Crippen molar-refractivity contribution in [3.05, 3.63) is 71.3 Å². The van der Waals surface area contributed by atoms with Gasteiger partial charge in [-0.05, 0) is 48.9 Å². The molecule has 0 fully saturated rings. The molecule has 1 nitrogen and oxygen atoms in total. The highest BCUT2D eigenvalue weighted by Gasteiger charge is 2.25. The lowest BCUT2D eigenvalue weighted by Crippen LogP contribution is -2.25. The fourth-order valence-electron chi connectivity index (χ4n) is 2.91. The van der Waals surface area contributed by atoms with Crippen molar-refractivity contribution in [3.8, 4) is 0 Å². The van der Waals surface area contributed by atoms with Crippen LogP contribution in [0.5, 0.6) is 0 Å². The lowest BCUT2D eigenvalue weighted by atomic mass is 9.97. The third-order valence-electron chi connectivity index (χ3n) is 4.31. The van der Waals surface area contributed by atoms with Crippen LogP contribution in [0.2, 0.25) is 0 Å². The van der Waals surface area contributed by atoms with E-state index >= 15 is 0 Å². The first kappa shape index (κ1) is 20.0. The summed E-state index contributed by atoms with van der Waals surface area (Å²) in [6.45, 7) is 5.31. The van der Waals surface area contributed by atoms with Gasteiger partial charge >= 0.3 is 0 Å². The van der Waals surface area contributed by atoms with Crippen molar-refractivity contribution in [1.29, 1.82) is 0 Å². The number of rotatable bonds is 9. The van der Waals surface area contributed by atoms with Crippen molar-refractivity contribution >= 4 is 9.24 Å². The Bertz CT molecular complexity index is 638. The van der Waals surface area contributed by atoms with Gasteiger partial charge in [0, 0.05) is 11.6 Å². The van der Waals surface area contributed by atoms with E-state index in [1.807, 2.05) is 24.3 Å². The van der Waals surface area contributed by atoms with Crippen molar-refractivity contribution in [2.45, 2.75) is 44.8 Å². The molecule has 0 radical (unpaired) electrons. The summed E-state index contributed by atoms with van der Waals surface area (Å²) in [6.07, 6.45) is 3.03. The summed E-state index contributed by atoms with van der Waals surface area (Å²) in [5, 5.41) is 3.57. The Balaban J connectivity index is 2.15. The maximum absolute atomic E-state index is 13.7. The highest BCUT2D eigenvalue weighted by Crippen LogP contribution is 2.36. The lowest BCUT2D eigenvalue weighted by molar-refractivity contribution is 0.104. The highest BCUT2D eigenvalue weighted by atomic mass is 31.0. The zero-order chi connectivity index (χ0) is 18.3. The Kier molecular flexibility index (Phi) is 7.53. The fraction of sp³-hybridized carbons (Fsp3) is 0.429. The van der Waals surface area contributed by atoms with Crippen LogP contribution in [0.1, 0.15) is 49.4 Å². The number of halogens is 2. The highest BCUT2D eigenvalue weighted by molar-refractivity contribution is 7.17. The molecule has 0 aromatic heterocycles. The normalized spacial score (nSPS) is 13.2. The van der Waals surface area contributed by atoms with Gasteiger partial charge in [0.25, 0.3) is 5.66 Å². The Morgan fingerprint density at radius 2 is 1.76 bits per heavy atom. The molecule has 1 N–H and O–H groups in total. The molecule has 0 aliphatic rings. The minimum atomic E-state index is -2.90. The number of hydrogen-bond donors (Lipinski definition) is 1. The van der Waals surface area contributed by atoms with Crippen LogP contribution in [0.3, 0.4) is 0 Å². The van der Waals surface area contributed by atoms with E-state index in [-0.39, 0.29) is 11.6 Å². The van der Waals surface area contributed by atoms with Crippen molar-refractivity contribution in [2.75, 3.05) is 6.54 Å². The van der Waals surface area contributed by atoms with E-state index in [9.17, 15) is 8.78 Å². The molecule has 0 heterocycles. The van der Waals surface area contributed by atoms with Crippen LogP contribution in [0.4, 0.5) is 8.78 Å². The second-order valence-corrected chi connectivity index (χ2v) is 7.71. The van der Waals surface area contributed by atoms with Gasteiger partial charge in [0.1, 0.15) is 0 Å². The summed E-state index contributed by atoms with van der Waals surface area (Å²) >= 11 is 0. The number of benzene rings is 2. The average Bonchev–Trinajstić information content (AvgIpc) is 2.57. The predicted octanol–water partition coefficient (Wildman–Crippen LogP) is 5.92. The first-order chi connectivity index (χ1) is 11.9. The van der Waals surface area contributed by atoms with E-state index in [0.717, 1.165) is 31.4 Å². The summed E-state index contributed by atoms with van der Waals surface area (Å²) in [5.41, 5.74) is -0.748. The van der Waals surface area contributed by atoms with Crippen molar-refractivity contribution in [2.24, 2.45) is 5.92 Å². The Morgan fingerprint density at radius 1 is 1.04 bits per heavy atom. The quantitative estimate of drug-likeness (QED) is 0.431. The van der Waals surface area contributed by atoms with E-state index in [0.29, 0.717) is 5.92 Å². The second kappa shape index (κ2) is 9.40. The molecule has 25 heavy (non-hydrogen) atoms. The second-order valence-electron chi connectivity index (χ2n) is 6.98. The van der Waals surface area contributed by atoms with E-state index in [2.05, 4.69) is 31.3 Å². The topological polar surface area (TPSA) is 12.0 Å². The molecular formula is C21H28F2NP. The largest absolute Gasteiger partial charge is 0.310 e. The maximum Gasteiger partial charge on any atom is 0.283 e. The van der Waals surface area contributed by atoms with E-state index in [1.165, 1.54) is 11.6 Å². The summed E-state index contributed by atoms with van der Waals surface area (Å²) < 4.78 is 27.3. The molecule has 0 spiro atoms. The molecule has 136 valence electrons. The van der Waals surface area contributed by atoms with Gasteiger partial charge in [0.2, 0.25) is 0 Å². The third kappa shape index (κ3) is 6.84. The molecule has 0 amide bonds. The monoisotopic (exact) mass is 363 g/mol. The number of alkyl halides is 2. The molecule has 0 saturated carbocycles. The van der Waals surface area contributed by atoms with Crippen LogP contribution in [-0.2, 0) is 12.1 Å². The summed E-state index contributed by atoms with van der Waals surface area (Å²) in [4.78, 5) is 0. The molecule has 0 aliphatic carbocycles. The van der Waals surface area contributed by atoms with Gasteiger partial charge in [-0.3, -0.25) is 0 Å². The van der Waals surface area contributed by atoms with Gasteiger partial charge in [0.15, 0.2) is 0 Å². The SMILES string of the molecule is CC(C)CCCNC(Cc1ccccc1)c1cccc(C(F)(F)P)c1. The zero-order valence-corrected chi connectivity index (χ0v) is 16.2. The first-order valence-electron chi connectivity index (χ1n) is 8.90.